The molecule has 1 saturated carbocycles. The molecule has 1 aromatic carbocycles. The average Bonchev–Trinajstić information content (AvgIpc) is 2.48. The molecular formula is C18H25F. The lowest BCUT2D eigenvalue weighted by Gasteiger charge is -2.28. The molecule has 0 spiro atoms. The number of benzene rings is 1. The number of allylic oxidation sites excluding steroid dienone is 1. The van der Waals surface area contributed by atoms with Crippen LogP contribution in [0.5, 0.6) is 0 Å². The summed E-state index contributed by atoms with van der Waals surface area (Å²) in [6, 6.07) is 9.17. The first-order valence-corrected chi connectivity index (χ1v) is 7.67. The van der Waals surface area contributed by atoms with Crippen LogP contribution in [0.4, 0.5) is 4.39 Å². The summed E-state index contributed by atoms with van der Waals surface area (Å²) in [6.07, 6.45) is 10.7. The normalized spacial score (nSPS) is 23.9. The molecule has 0 N–H and O–H groups in total. The Morgan fingerprint density at radius 3 is 2.37 bits per heavy atom. The summed E-state index contributed by atoms with van der Waals surface area (Å²) in [7, 11) is 0. The predicted molar refractivity (Wildman–Crippen MR) is 80.0 cm³/mol. The van der Waals surface area contributed by atoms with E-state index in [1.165, 1.54) is 36.8 Å². The van der Waals surface area contributed by atoms with Gasteiger partial charge in [-0.05, 0) is 67.9 Å². The molecule has 1 aliphatic carbocycles. The Kier molecular flexibility index (Phi) is 5.62. The highest BCUT2D eigenvalue weighted by molar-refractivity contribution is 5.25. The van der Waals surface area contributed by atoms with E-state index in [2.05, 4.69) is 31.2 Å². The first-order valence-electron chi connectivity index (χ1n) is 7.67. The van der Waals surface area contributed by atoms with E-state index in [1.807, 2.05) is 0 Å². The van der Waals surface area contributed by atoms with Crippen LogP contribution in [-0.4, -0.2) is 0 Å². The van der Waals surface area contributed by atoms with Crippen molar-refractivity contribution in [2.45, 2.75) is 57.8 Å². The lowest BCUT2D eigenvalue weighted by atomic mass is 9.77. The second-order valence-electron chi connectivity index (χ2n) is 5.75. The third kappa shape index (κ3) is 4.19. The van der Waals surface area contributed by atoms with Crippen LogP contribution >= 0.6 is 0 Å². The Bertz CT molecular complexity index is 383. The minimum atomic E-state index is 0.681. The van der Waals surface area contributed by atoms with Crippen molar-refractivity contribution in [3.05, 3.63) is 47.8 Å². The lowest BCUT2D eigenvalue weighted by molar-refractivity contribution is 0.311. The van der Waals surface area contributed by atoms with Gasteiger partial charge in [-0.1, -0.05) is 37.3 Å². The highest BCUT2D eigenvalue weighted by atomic mass is 19.1. The first kappa shape index (κ1) is 14.3. The summed E-state index contributed by atoms with van der Waals surface area (Å²) >= 11 is 0. The zero-order valence-corrected chi connectivity index (χ0v) is 11.9. The summed E-state index contributed by atoms with van der Waals surface area (Å²) in [5, 5.41) is 0. The van der Waals surface area contributed by atoms with Crippen LogP contribution < -0.4 is 0 Å². The Morgan fingerprint density at radius 2 is 1.79 bits per heavy atom. The first-order chi connectivity index (χ1) is 9.33. The quantitative estimate of drug-likeness (QED) is 0.629. The fourth-order valence-corrected chi connectivity index (χ4v) is 3.20. The van der Waals surface area contributed by atoms with E-state index in [9.17, 15) is 4.39 Å². The molecule has 0 heterocycles. The molecule has 1 aromatic rings. The second-order valence-corrected chi connectivity index (χ2v) is 5.75. The molecule has 0 nitrogen and oxygen atoms in total. The van der Waals surface area contributed by atoms with Crippen molar-refractivity contribution >= 4 is 0 Å². The van der Waals surface area contributed by atoms with Crippen molar-refractivity contribution < 1.29 is 4.39 Å². The summed E-state index contributed by atoms with van der Waals surface area (Å²) in [4.78, 5) is 0. The molecular weight excluding hydrogens is 235 g/mol. The molecule has 1 aliphatic rings. The van der Waals surface area contributed by atoms with Crippen LogP contribution in [0.25, 0.3) is 0 Å². The number of hydrogen-bond donors (Lipinski definition) is 0. The van der Waals surface area contributed by atoms with Gasteiger partial charge in [-0.3, -0.25) is 0 Å². The van der Waals surface area contributed by atoms with Crippen LogP contribution in [0.3, 0.4) is 0 Å². The van der Waals surface area contributed by atoms with E-state index in [0.717, 1.165) is 31.1 Å². The monoisotopic (exact) mass is 260 g/mol. The van der Waals surface area contributed by atoms with Gasteiger partial charge < -0.3 is 0 Å². The van der Waals surface area contributed by atoms with Gasteiger partial charge in [0.25, 0.3) is 0 Å². The third-order valence-electron chi connectivity index (χ3n) is 4.54. The van der Waals surface area contributed by atoms with Crippen molar-refractivity contribution in [3.8, 4) is 0 Å². The highest BCUT2D eigenvalue weighted by Crippen LogP contribution is 2.37. The van der Waals surface area contributed by atoms with Gasteiger partial charge in [0, 0.05) is 0 Å². The second kappa shape index (κ2) is 7.47. The SMILES string of the molecule is CCc1ccc([C@H]2CC[C@H](CCC=CF)CC2)cc1. The van der Waals surface area contributed by atoms with E-state index in [-0.39, 0.29) is 0 Å². The average molecular weight is 260 g/mol. The van der Waals surface area contributed by atoms with E-state index in [1.54, 1.807) is 6.08 Å². The molecule has 19 heavy (non-hydrogen) atoms. The molecule has 1 fully saturated rings. The summed E-state index contributed by atoms with van der Waals surface area (Å²) in [5.74, 6) is 1.56. The molecule has 0 radical (unpaired) electrons. The Hall–Kier alpha value is -1.11. The molecule has 0 amide bonds. The van der Waals surface area contributed by atoms with Crippen molar-refractivity contribution in [3.63, 3.8) is 0 Å². The minimum absolute atomic E-state index is 0.681. The molecule has 0 aliphatic heterocycles. The largest absolute Gasteiger partial charge is 0.216 e. The zero-order valence-electron chi connectivity index (χ0n) is 11.9. The smallest absolute Gasteiger partial charge is 0.0827 e. The molecule has 0 aromatic heterocycles. The molecule has 104 valence electrons. The van der Waals surface area contributed by atoms with E-state index < -0.39 is 0 Å². The van der Waals surface area contributed by atoms with Crippen LogP contribution in [0, 0.1) is 5.92 Å². The fourth-order valence-electron chi connectivity index (χ4n) is 3.20. The fraction of sp³-hybridized carbons (Fsp3) is 0.556. The van der Waals surface area contributed by atoms with E-state index >= 15 is 0 Å². The molecule has 1 heteroatoms. The maximum Gasteiger partial charge on any atom is 0.0827 e. The standard InChI is InChI=1S/C18H25F/c1-2-15-6-10-17(11-7-15)18-12-8-16(9-13-18)5-3-4-14-19/h4,6-7,10-11,14,16,18H,2-3,5,8-9,12-13H2,1H3/t16-,18-. The van der Waals surface area contributed by atoms with Gasteiger partial charge in [0.1, 0.15) is 0 Å². The van der Waals surface area contributed by atoms with Crippen LogP contribution in [0.1, 0.15) is 62.5 Å². The van der Waals surface area contributed by atoms with Crippen LogP contribution in [0.2, 0.25) is 0 Å². The van der Waals surface area contributed by atoms with E-state index in [0.29, 0.717) is 6.33 Å². The number of aryl methyl sites for hydroxylation is 1. The molecule has 0 unspecified atom stereocenters. The number of hydrogen-bond acceptors (Lipinski definition) is 0. The Labute approximate surface area is 116 Å². The van der Waals surface area contributed by atoms with Gasteiger partial charge in [0.05, 0.1) is 6.33 Å². The minimum Gasteiger partial charge on any atom is -0.216 e. The highest BCUT2D eigenvalue weighted by Gasteiger charge is 2.21. The predicted octanol–water partition coefficient (Wildman–Crippen LogP) is 5.79. The maximum absolute atomic E-state index is 11.9. The molecule has 0 saturated heterocycles. The van der Waals surface area contributed by atoms with Crippen molar-refractivity contribution in [1.29, 1.82) is 0 Å². The van der Waals surface area contributed by atoms with Crippen molar-refractivity contribution in [1.82, 2.24) is 0 Å². The maximum atomic E-state index is 11.9. The van der Waals surface area contributed by atoms with Gasteiger partial charge >= 0.3 is 0 Å². The van der Waals surface area contributed by atoms with Gasteiger partial charge in [0.15, 0.2) is 0 Å². The van der Waals surface area contributed by atoms with Crippen molar-refractivity contribution in [2.24, 2.45) is 5.92 Å². The summed E-state index contributed by atoms with van der Waals surface area (Å²) in [6.45, 7) is 2.20. The zero-order chi connectivity index (χ0) is 13.5. The Morgan fingerprint density at radius 1 is 1.11 bits per heavy atom. The Balaban J connectivity index is 1.81. The summed E-state index contributed by atoms with van der Waals surface area (Å²) in [5.41, 5.74) is 2.94. The van der Waals surface area contributed by atoms with Gasteiger partial charge in [0.2, 0.25) is 0 Å². The van der Waals surface area contributed by atoms with Gasteiger partial charge in [-0.15, -0.1) is 0 Å². The third-order valence-corrected chi connectivity index (χ3v) is 4.54. The molecule has 0 atom stereocenters. The molecule has 2 rings (SSSR count). The van der Waals surface area contributed by atoms with Crippen molar-refractivity contribution in [2.75, 3.05) is 0 Å². The number of rotatable bonds is 5. The van der Waals surface area contributed by atoms with Crippen LogP contribution in [0.15, 0.2) is 36.7 Å². The van der Waals surface area contributed by atoms with Crippen LogP contribution in [-0.2, 0) is 6.42 Å². The van der Waals surface area contributed by atoms with Gasteiger partial charge in [-0.2, -0.15) is 0 Å². The van der Waals surface area contributed by atoms with Gasteiger partial charge in [-0.25, -0.2) is 4.39 Å². The number of halogens is 1. The van der Waals surface area contributed by atoms with E-state index in [4.69, 9.17) is 0 Å². The summed E-state index contributed by atoms with van der Waals surface area (Å²) < 4.78 is 11.9. The lowest BCUT2D eigenvalue weighted by Crippen LogP contribution is -2.13. The topological polar surface area (TPSA) is 0 Å². The molecule has 0 bridgehead atoms.